The first-order valence-electron chi connectivity index (χ1n) is 5.81. The molecule has 19 heavy (non-hydrogen) atoms. The lowest BCUT2D eigenvalue weighted by Crippen LogP contribution is -1.96. The van der Waals surface area contributed by atoms with Crippen LogP contribution in [0.15, 0.2) is 46.9 Å². The maximum Gasteiger partial charge on any atom is 0.146 e. The lowest BCUT2D eigenvalue weighted by Gasteiger charge is -2.11. The Kier molecular flexibility index (Phi) is 4.56. The summed E-state index contributed by atoms with van der Waals surface area (Å²) in [6.45, 7) is 0.0595. The Morgan fingerprint density at radius 2 is 1.95 bits per heavy atom. The van der Waals surface area contributed by atoms with Gasteiger partial charge < -0.3 is 9.84 Å². The van der Waals surface area contributed by atoms with Crippen molar-refractivity contribution in [2.24, 2.45) is 0 Å². The van der Waals surface area contributed by atoms with Crippen LogP contribution in [-0.4, -0.2) is 11.7 Å². The molecule has 0 amide bonds. The molecular weight excluding hydrogens is 306 g/mol. The van der Waals surface area contributed by atoms with E-state index in [1.807, 2.05) is 24.3 Å². The number of rotatable bonds is 4. The van der Waals surface area contributed by atoms with E-state index in [2.05, 4.69) is 22.0 Å². The Hall–Kier alpha value is -1.83. The van der Waals surface area contributed by atoms with E-state index in [1.165, 1.54) is 0 Å². The van der Waals surface area contributed by atoms with E-state index < -0.39 is 0 Å². The van der Waals surface area contributed by atoms with E-state index in [0.717, 1.165) is 10.0 Å². The summed E-state index contributed by atoms with van der Waals surface area (Å²) in [6, 6.07) is 14.8. The zero-order valence-electron chi connectivity index (χ0n) is 10.1. The lowest BCUT2D eigenvalue weighted by atomic mass is 10.1. The number of hydrogen-bond acceptors (Lipinski definition) is 3. The molecule has 2 aromatic rings. The maximum absolute atomic E-state index is 9.07. The summed E-state index contributed by atoms with van der Waals surface area (Å²) in [7, 11) is 0. The highest BCUT2D eigenvalue weighted by Gasteiger charge is 2.08. The molecule has 0 aliphatic carbocycles. The zero-order chi connectivity index (χ0) is 13.7. The number of hydrogen-bond donors (Lipinski definition) is 1. The molecule has 96 valence electrons. The highest BCUT2D eigenvalue weighted by Crippen LogP contribution is 2.30. The van der Waals surface area contributed by atoms with Gasteiger partial charge >= 0.3 is 0 Å². The molecular formula is C15H12BrNO2. The third-order valence-electron chi connectivity index (χ3n) is 2.64. The number of aliphatic hydroxyl groups excluding tert-OH is 1. The molecule has 0 heterocycles. The van der Waals surface area contributed by atoms with E-state index in [-0.39, 0.29) is 6.61 Å². The molecule has 2 aromatic carbocycles. The quantitative estimate of drug-likeness (QED) is 0.936. The normalized spacial score (nSPS) is 9.95. The topological polar surface area (TPSA) is 53.2 Å². The average molecular weight is 318 g/mol. The molecule has 2 rings (SSSR count). The number of aliphatic hydroxyl groups is 1. The van der Waals surface area contributed by atoms with E-state index in [9.17, 15) is 0 Å². The minimum absolute atomic E-state index is 0.0595. The van der Waals surface area contributed by atoms with Crippen LogP contribution in [-0.2, 0) is 6.42 Å². The third-order valence-corrected chi connectivity index (χ3v) is 3.13. The predicted molar refractivity (Wildman–Crippen MR) is 76.2 cm³/mol. The third kappa shape index (κ3) is 3.34. The van der Waals surface area contributed by atoms with Gasteiger partial charge in [0.2, 0.25) is 0 Å². The fraction of sp³-hybridized carbons (Fsp3) is 0.133. The summed E-state index contributed by atoms with van der Waals surface area (Å²) in [5.41, 5.74) is 1.39. The van der Waals surface area contributed by atoms with E-state index in [4.69, 9.17) is 15.1 Å². The van der Waals surface area contributed by atoms with Gasteiger partial charge in [-0.15, -0.1) is 0 Å². The van der Waals surface area contributed by atoms with Crippen LogP contribution in [0.25, 0.3) is 0 Å². The van der Waals surface area contributed by atoms with Crippen LogP contribution in [0.5, 0.6) is 11.5 Å². The first-order valence-corrected chi connectivity index (χ1v) is 6.60. The van der Waals surface area contributed by atoms with Crippen LogP contribution in [0.1, 0.15) is 11.1 Å². The number of para-hydroxylation sites is 1. The Morgan fingerprint density at radius 1 is 1.16 bits per heavy atom. The van der Waals surface area contributed by atoms with E-state index in [0.29, 0.717) is 23.5 Å². The molecule has 3 nitrogen and oxygen atoms in total. The van der Waals surface area contributed by atoms with Crippen LogP contribution >= 0.6 is 15.9 Å². The lowest BCUT2D eigenvalue weighted by molar-refractivity contribution is 0.298. The highest BCUT2D eigenvalue weighted by molar-refractivity contribution is 9.10. The summed E-state index contributed by atoms with van der Waals surface area (Å²) < 4.78 is 6.65. The summed E-state index contributed by atoms with van der Waals surface area (Å²) in [5.74, 6) is 1.16. The predicted octanol–water partition coefficient (Wildman–Crippen LogP) is 3.65. The Labute approximate surface area is 120 Å². The molecule has 0 saturated heterocycles. The molecule has 0 fully saturated rings. The zero-order valence-corrected chi connectivity index (χ0v) is 11.7. The molecule has 0 radical (unpaired) electrons. The van der Waals surface area contributed by atoms with Crippen LogP contribution in [0.2, 0.25) is 0 Å². The summed E-state index contributed by atoms with van der Waals surface area (Å²) in [5, 5.41) is 18.1. The molecule has 0 atom stereocenters. The second-order valence-electron chi connectivity index (χ2n) is 3.94. The van der Waals surface area contributed by atoms with Gasteiger partial charge in [-0.1, -0.05) is 34.1 Å². The SMILES string of the molecule is N#Cc1ccc(Br)cc1Oc1ccccc1CCO. The Balaban J connectivity index is 2.36. The van der Waals surface area contributed by atoms with Crippen molar-refractivity contribution in [1.82, 2.24) is 0 Å². The standard InChI is InChI=1S/C15H12BrNO2/c16-13-6-5-12(10-17)15(9-13)19-14-4-2-1-3-11(14)7-8-18/h1-6,9,18H,7-8H2. The van der Waals surface area contributed by atoms with Crippen molar-refractivity contribution in [2.75, 3.05) is 6.61 Å². The highest BCUT2D eigenvalue weighted by atomic mass is 79.9. The van der Waals surface area contributed by atoms with Crippen LogP contribution < -0.4 is 4.74 Å². The van der Waals surface area contributed by atoms with Crippen LogP contribution in [0, 0.1) is 11.3 Å². The van der Waals surface area contributed by atoms with Gasteiger partial charge in [0.15, 0.2) is 0 Å². The van der Waals surface area contributed by atoms with E-state index >= 15 is 0 Å². The van der Waals surface area contributed by atoms with Gasteiger partial charge in [0.25, 0.3) is 0 Å². The summed E-state index contributed by atoms with van der Waals surface area (Å²) >= 11 is 3.36. The fourth-order valence-electron chi connectivity index (χ4n) is 1.72. The van der Waals surface area contributed by atoms with Crippen molar-refractivity contribution in [2.45, 2.75) is 6.42 Å². The van der Waals surface area contributed by atoms with Crippen molar-refractivity contribution < 1.29 is 9.84 Å². The first kappa shape index (κ1) is 13.6. The Bertz CT molecular complexity index is 620. The van der Waals surface area contributed by atoms with Gasteiger partial charge in [-0.3, -0.25) is 0 Å². The maximum atomic E-state index is 9.07. The van der Waals surface area contributed by atoms with Gasteiger partial charge in [-0.2, -0.15) is 5.26 Å². The largest absolute Gasteiger partial charge is 0.456 e. The minimum Gasteiger partial charge on any atom is -0.456 e. The minimum atomic E-state index is 0.0595. The van der Waals surface area contributed by atoms with Crippen molar-refractivity contribution in [3.8, 4) is 17.6 Å². The number of halogens is 1. The molecule has 0 spiro atoms. The average Bonchev–Trinajstić information content (AvgIpc) is 2.42. The van der Waals surface area contributed by atoms with Gasteiger partial charge in [0.1, 0.15) is 17.6 Å². The molecule has 0 bridgehead atoms. The number of ether oxygens (including phenoxy) is 1. The second-order valence-corrected chi connectivity index (χ2v) is 4.85. The molecule has 0 unspecified atom stereocenters. The number of nitrogens with zero attached hydrogens (tertiary/aromatic N) is 1. The van der Waals surface area contributed by atoms with Gasteiger partial charge in [0, 0.05) is 11.1 Å². The van der Waals surface area contributed by atoms with Gasteiger partial charge in [-0.25, -0.2) is 0 Å². The number of benzene rings is 2. The smallest absolute Gasteiger partial charge is 0.146 e. The van der Waals surface area contributed by atoms with Crippen molar-refractivity contribution in [1.29, 1.82) is 5.26 Å². The van der Waals surface area contributed by atoms with Crippen molar-refractivity contribution >= 4 is 15.9 Å². The van der Waals surface area contributed by atoms with Crippen molar-refractivity contribution in [3.63, 3.8) is 0 Å². The fourth-order valence-corrected chi connectivity index (χ4v) is 2.06. The summed E-state index contributed by atoms with van der Waals surface area (Å²) in [4.78, 5) is 0. The van der Waals surface area contributed by atoms with Crippen LogP contribution in [0.4, 0.5) is 0 Å². The van der Waals surface area contributed by atoms with E-state index in [1.54, 1.807) is 18.2 Å². The van der Waals surface area contributed by atoms with Gasteiger partial charge in [0.05, 0.1) is 5.56 Å². The first-order chi connectivity index (χ1) is 9.24. The van der Waals surface area contributed by atoms with Crippen LogP contribution in [0.3, 0.4) is 0 Å². The molecule has 4 heteroatoms. The molecule has 1 N–H and O–H groups in total. The Morgan fingerprint density at radius 3 is 2.68 bits per heavy atom. The molecule has 0 aliphatic heterocycles. The molecule has 0 aromatic heterocycles. The van der Waals surface area contributed by atoms with Gasteiger partial charge in [-0.05, 0) is 36.2 Å². The number of nitriles is 1. The molecule has 0 aliphatic rings. The summed E-state index contributed by atoms with van der Waals surface area (Å²) in [6.07, 6.45) is 0.520. The monoisotopic (exact) mass is 317 g/mol. The second kappa shape index (κ2) is 6.37. The van der Waals surface area contributed by atoms with Crippen molar-refractivity contribution in [3.05, 3.63) is 58.1 Å². The molecule has 0 saturated carbocycles.